The molecule has 0 saturated carbocycles. The Labute approximate surface area is 89.2 Å². The summed E-state index contributed by atoms with van der Waals surface area (Å²) in [6.45, 7) is 1.61. The molecule has 5 heteroatoms. The number of carboxylic acids is 1. The van der Waals surface area contributed by atoms with Crippen molar-refractivity contribution in [2.75, 3.05) is 13.1 Å². The Morgan fingerprint density at radius 3 is 2.40 bits per heavy atom. The number of likely N-dealkylation sites (tertiary alicyclic amines) is 1. The molecule has 5 nitrogen and oxygen atoms in total. The van der Waals surface area contributed by atoms with Gasteiger partial charge < -0.3 is 15.7 Å². The Kier molecular flexibility index (Phi) is 4.55. The second-order valence-corrected chi connectivity index (χ2v) is 3.92. The normalized spacial score (nSPS) is 18.6. The minimum absolute atomic E-state index is 0.0337. The van der Waals surface area contributed by atoms with Gasteiger partial charge >= 0.3 is 5.97 Å². The van der Waals surface area contributed by atoms with Crippen LogP contribution in [0.4, 0.5) is 0 Å². The summed E-state index contributed by atoms with van der Waals surface area (Å²) in [5, 5.41) is 8.56. The van der Waals surface area contributed by atoms with E-state index in [0.717, 1.165) is 25.9 Å². The molecule has 15 heavy (non-hydrogen) atoms. The van der Waals surface area contributed by atoms with E-state index in [-0.39, 0.29) is 18.7 Å². The van der Waals surface area contributed by atoms with Crippen LogP contribution in [0.2, 0.25) is 0 Å². The predicted molar refractivity (Wildman–Crippen MR) is 55.3 cm³/mol. The van der Waals surface area contributed by atoms with Crippen LogP contribution in [0.15, 0.2) is 0 Å². The number of nitrogens with two attached hydrogens (primary N) is 1. The number of nitrogens with zero attached hydrogens (tertiary/aromatic N) is 1. The summed E-state index contributed by atoms with van der Waals surface area (Å²) in [7, 11) is 0. The van der Waals surface area contributed by atoms with E-state index in [1.807, 2.05) is 0 Å². The molecule has 1 aliphatic rings. The average Bonchev–Trinajstić information content (AvgIpc) is 2.26. The molecule has 3 N–H and O–H groups in total. The lowest BCUT2D eigenvalue weighted by atomic mass is 10.1. The third-order valence-electron chi connectivity index (χ3n) is 2.70. The third kappa shape index (κ3) is 3.87. The zero-order valence-corrected chi connectivity index (χ0v) is 8.82. The average molecular weight is 214 g/mol. The van der Waals surface area contributed by atoms with Crippen LogP contribution in [0.25, 0.3) is 0 Å². The van der Waals surface area contributed by atoms with Crippen molar-refractivity contribution in [3.05, 3.63) is 0 Å². The van der Waals surface area contributed by atoms with E-state index in [2.05, 4.69) is 0 Å². The number of hydrogen-bond donors (Lipinski definition) is 2. The zero-order chi connectivity index (χ0) is 11.3. The van der Waals surface area contributed by atoms with Crippen molar-refractivity contribution >= 4 is 11.9 Å². The van der Waals surface area contributed by atoms with Gasteiger partial charge in [-0.3, -0.25) is 9.59 Å². The Hall–Kier alpha value is -1.10. The van der Waals surface area contributed by atoms with Crippen LogP contribution in [0.1, 0.15) is 32.1 Å². The molecule has 0 aromatic rings. The minimum Gasteiger partial charge on any atom is -0.480 e. The van der Waals surface area contributed by atoms with Gasteiger partial charge in [0.05, 0.1) is 0 Å². The first-order valence-corrected chi connectivity index (χ1v) is 5.37. The molecule has 0 spiro atoms. The van der Waals surface area contributed by atoms with Crippen molar-refractivity contribution in [3.8, 4) is 0 Å². The van der Waals surface area contributed by atoms with E-state index < -0.39 is 12.0 Å². The molecule has 1 unspecified atom stereocenters. The second-order valence-electron chi connectivity index (χ2n) is 3.92. The molecular weight excluding hydrogens is 196 g/mol. The topological polar surface area (TPSA) is 83.6 Å². The monoisotopic (exact) mass is 214 g/mol. The summed E-state index contributed by atoms with van der Waals surface area (Å²) >= 11 is 0. The van der Waals surface area contributed by atoms with E-state index in [4.69, 9.17) is 10.8 Å². The summed E-state index contributed by atoms with van der Waals surface area (Å²) in [4.78, 5) is 23.8. The Bertz CT molecular complexity index is 237. The first kappa shape index (κ1) is 12.0. The van der Waals surface area contributed by atoms with Crippen molar-refractivity contribution < 1.29 is 14.7 Å². The fraction of sp³-hybridized carbons (Fsp3) is 0.800. The molecule has 1 heterocycles. The molecule has 0 aromatic heterocycles. The quantitative estimate of drug-likeness (QED) is 0.699. The lowest BCUT2D eigenvalue weighted by molar-refractivity contribution is -0.139. The van der Waals surface area contributed by atoms with Gasteiger partial charge in [0, 0.05) is 19.5 Å². The minimum atomic E-state index is -1.04. The highest BCUT2D eigenvalue weighted by Gasteiger charge is 2.19. The summed E-state index contributed by atoms with van der Waals surface area (Å²) in [6.07, 6.45) is 3.75. The Balaban J connectivity index is 2.25. The maximum atomic E-state index is 11.6. The molecule has 1 fully saturated rings. The van der Waals surface area contributed by atoms with Crippen LogP contribution in [0, 0.1) is 0 Å². The number of hydrogen-bond acceptors (Lipinski definition) is 3. The largest absolute Gasteiger partial charge is 0.480 e. The molecule has 0 aromatic carbocycles. The fourth-order valence-corrected chi connectivity index (χ4v) is 1.70. The third-order valence-corrected chi connectivity index (χ3v) is 2.70. The Morgan fingerprint density at radius 2 is 1.87 bits per heavy atom. The molecule has 0 bridgehead atoms. The van der Waals surface area contributed by atoms with Gasteiger partial charge in [0.15, 0.2) is 0 Å². The van der Waals surface area contributed by atoms with E-state index in [1.165, 1.54) is 6.42 Å². The maximum Gasteiger partial charge on any atom is 0.320 e. The van der Waals surface area contributed by atoms with Crippen LogP contribution >= 0.6 is 0 Å². The molecule has 0 radical (unpaired) electrons. The molecule has 1 saturated heterocycles. The molecule has 86 valence electrons. The summed E-state index contributed by atoms with van der Waals surface area (Å²) in [5.41, 5.74) is 5.32. The second kappa shape index (κ2) is 5.70. The molecule has 1 atom stereocenters. The van der Waals surface area contributed by atoms with Crippen molar-refractivity contribution in [2.45, 2.75) is 38.1 Å². The summed E-state index contributed by atoms with van der Waals surface area (Å²) in [5.74, 6) is -1.01. The summed E-state index contributed by atoms with van der Waals surface area (Å²) in [6, 6.07) is -0.918. The van der Waals surface area contributed by atoms with Crippen LogP contribution < -0.4 is 5.73 Å². The van der Waals surface area contributed by atoms with Gasteiger partial charge in [-0.05, 0) is 25.7 Å². The number of rotatable bonds is 4. The van der Waals surface area contributed by atoms with E-state index in [9.17, 15) is 9.59 Å². The van der Waals surface area contributed by atoms with Gasteiger partial charge in [0.1, 0.15) is 6.04 Å². The first-order chi connectivity index (χ1) is 7.11. The molecule has 0 aliphatic carbocycles. The van der Waals surface area contributed by atoms with E-state index >= 15 is 0 Å². The van der Waals surface area contributed by atoms with Crippen LogP contribution in [0.3, 0.4) is 0 Å². The molecule has 1 aliphatic heterocycles. The SMILES string of the molecule is NC(CCC(=O)N1CCCCC1)C(=O)O. The number of carbonyl (C=O) groups excluding carboxylic acids is 1. The van der Waals surface area contributed by atoms with E-state index in [1.54, 1.807) is 4.90 Å². The molecule has 1 rings (SSSR count). The van der Waals surface area contributed by atoms with Crippen molar-refractivity contribution in [1.29, 1.82) is 0 Å². The number of aliphatic carboxylic acids is 1. The lowest BCUT2D eigenvalue weighted by Gasteiger charge is -2.26. The highest BCUT2D eigenvalue weighted by molar-refractivity contribution is 5.78. The smallest absolute Gasteiger partial charge is 0.320 e. The number of carbonyl (C=O) groups is 2. The van der Waals surface area contributed by atoms with Gasteiger partial charge in [-0.1, -0.05) is 0 Å². The van der Waals surface area contributed by atoms with Gasteiger partial charge in [0.25, 0.3) is 0 Å². The van der Waals surface area contributed by atoms with E-state index in [0.29, 0.717) is 0 Å². The first-order valence-electron chi connectivity index (χ1n) is 5.37. The highest BCUT2D eigenvalue weighted by Crippen LogP contribution is 2.10. The maximum absolute atomic E-state index is 11.6. The predicted octanol–water partition coefficient (Wildman–Crippen LogP) is 0.191. The van der Waals surface area contributed by atoms with Crippen molar-refractivity contribution in [3.63, 3.8) is 0 Å². The van der Waals surface area contributed by atoms with Crippen LogP contribution in [-0.4, -0.2) is 41.0 Å². The zero-order valence-electron chi connectivity index (χ0n) is 8.82. The van der Waals surface area contributed by atoms with Crippen molar-refractivity contribution in [2.24, 2.45) is 5.73 Å². The van der Waals surface area contributed by atoms with Gasteiger partial charge in [0.2, 0.25) is 5.91 Å². The number of amides is 1. The standard InChI is InChI=1S/C10H18N2O3/c11-8(10(14)15)4-5-9(13)12-6-2-1-3-7-12/h8H,1-7,11H2,(H,14,15). The highest BCUT2D eigenvalue weighted by atomic mass is 16.4. The molecule has 1 amide bonds. The van der Waals surface area contributed by atoms with Gasteiger partial charge in [-0.15, -0.1) is 0 Å². The number of carboxylic acid groups (broad SMARTS) is 1. The van der Waals surface area contributed by atoms with Crippen LogP contribution in [0.5, 0.6) is 0 Å². The van der Waals surface area contributed by atoms with Gasteiger partial charge in [-0.25, -0.2) is 0 Å². The Morgan fingerprint density at radius 1 is 1.27 bits per heavy atom. The number of piperidine rings is 1. The van der Waals surface area contributed by atoms with Gasteiger partial charge in [-0.2, -0.15) is 0 Å². The fourth-order valence-electron chi connectivity index (χ4n) is 1.70. The van der Waals surface area contributed by atoms with Crippen molar-refractivity contribution in [1.82, 2.24) is 4.90 Å². The lowest BCUT2D eigenvalue weighted by Crippen LogP contribution is -2.37. The van der Waals surface area contributed by atoms with Crippen LogP contribution in [-0.2, 0) is 9.59 Å². The summed E-state index contributed by atoms with van der Waals surface area (Å²) < 4.78 is 0. The molecular formula is C10H18N2O3.